The van der Waals surface area contributed by atoms with Gasteiger partial charge in [-0.25, -0.2) is 17.5 Å². The van der Waals surface area contributed by atoms with Gasteiger partial charge in [0.2, 0.25) is 21.8 Å². The molecule has 0 bridgehead atoms. The molecule has 0 heterocycles. The number of halogens is 2. The number of benzene rings is 2. The van der Waals surface area contributed by atoms with E-state index in [0.717, 1.165) is 11.6 Å². The molecular weight excluding hydrogens is 397 g/mol. The summed E-state index contributed by atoms with van der Waals surface area (Å²) in [6.45, 7) is 0.911. The largest absolute Gasteiger partial charge is 0.346 e. The molecule has 0 saturated carbocycles. The number of rotatable bonds is 7. The fraction of sp³-hybridized carbons (Fsp3) is 0.176. The van der Waals surface area contributed by atoms with Gasteiger partial charge in [0, 0.05) is 5.69 Å². The maximum absolute atomic E-state index is 13.1. The third kappa shape index (κ3) is 6.31. The van der Waals surface area contributed by atoms with Gasteiger partial charge in [-0.05, 0) is 37.3 Å². The van der Waals surface area contributed by atoms with Crippen LogP contribution in [-0.4, -0.2) is 33.3 Å². The third-order valence-corrected chi connectivity index (χ3v) is 5.11. The van der Waals surface area contributed by atoms with Crippen LogP contribution in [0.4, 0.5) is 10.1 Å². The SMILES string of the molecule is Cc1ccc(S(=O)(=O)NCC(=O)NCC(=O)Nc2ccc(F)c(Cl)c2)cc1. The van der Waals surface area contributed by atoms with E-state index in [0.29, 0.717) is 0 Å². The fourth-order valence-electron chi connectivity index (χ4n) is 1.98. The lowest BCUT2D eigenvalue weighted by Gasteiger charge is -2.09. The maximum Gasteiger partial charge on any atom is 0.243 e. The number of nitrogens with one attached hydrogen (secondary N) is 3. The van der Waals surface area contributed by atoms with Crippen LogP contribution in [0.2, 0.25) is 5.02 Å². The molecule has 2 amide bonds. The highest BCUT2D eigenvalue weighted by atomic mass is 35.5. The summed E-state index contributed by atoms with van der Waals surface area (Å²) in [7, 11) is -3.83. The number of hydrogen-bond donors (Lipinski definition) is 3. The van der Waals surface area contributed by atoms with E-state index in [1.54, 1.807) is 12.1 Å². The van der Waals surface area contributed by atoms with E-state index >= 15 is 0 Å². The standard InChI is InChI=1S/C17H17ClFN3O4S/c1-11-2-5-13(6-3-11)27(25,26)21-10-16(23)20-9-17(24)22-12-4-7-15(19)14(18)8-12/h2-8,21H,9-10H2,1H3,(H,20,23)(H,22,24). The second kappa shape index (κ2) is 8.94. The third-order valence-electron chi connectivity index (χ3n) is 3.40. The summed E-state index contributed by atoms with van der Waals surface area (Å²) in [5.41, 5.74) is 1.17. The zero-order chi connectivity index (χ0) is 20.0. The summed E-state index contributed by atoms with van der Waals surface area (Å²) < 4.78 is 39.4. The lowest BCUT2D eigenvalue weighted by atomic mass is 10.2. The van der Waals surface area contributed by atoms with E-state index in [4.69, 9.17) is 11.6 Å². The Hall–Kier alpha value is -2.49. The van der Waals surface area contributed by atoms with Crippen LogP contribution in [0.5, 0.6) is 0 Å². The Morgan fingerprint density at radius 2 is 1.70 bits per heavy atom. The predicted molar refractivity (Wildman–Crippen MR) is 99.4 cm³/mol. The van der Waals surface area contributed by atoms with Crippen LogP contribution in [0.1, 0.15) is 5.56 Å². The molecule has 0 spiro atoms. The van der Waals surface area contributed by atoms with Crippen LogP contribution in [0, 0.1) is 12.7 Å². The number of amides is 2. The van der Waals surface area contributed by atoms with E-state index < -0.39 is 34.2 Å². The molecule has 2 aromatic carbocycles. The van der Waals surface area contributed by atoms with Crippen molar-refractivity contribution in [2.75, 3.05) is 18.4 Å². The number of carbonyl (C=O) groups is 2. The van der Waals surface area contributed by atoms with Crippen LogP contribution in [-0.2, 0) is 19.6 Å². The van der Waals surface area contributed by atoms with Crippen LogP contribution >= 0.6 is 11.6 Å². The topological polar surface area (TPSA) is 104 Å². The van der Waals surface area contributed by atoms with Crippen molar-refractivity contribution in [1.82, 2.24) is 10.0 Å². The summed E-state index contributed by atoms with van der Waals surface area (Å²) in [5, 5.41) is 4.55. The summed E-state index contributed by atoms with van der Waals surface area (Å²) in [5.74, 6) is -1.88. The van der Waals surface area contributed by atoms with Gasteiger partial charge in [0.1, 0.15) is 5.82 Å². The van der Waals surface area contributed by atoms with Gasteiger partial charge in [-0.15, -0.1) is 0 Å². The minimum Gasteiger partial charge on any atom is -0.346 e. The molecule has 3 N–H and O–H groups in total. The minimum atomic E-state index is -3.83. The number of sulfonamides is 1. The molecule has 0 fully saturated rings. The summed E-state index contributed by atoms with van der Waals surface area (Å²) >= 11 is 5.61. The maximum atomic E-state index is 13.1. The van der Waals surface area contributed by atoms with E-state index in [1.165, 1.54) is 24.3 Å². The zero-order valence-corrected chi connectivity index (χ0v) is 15.8. The van der Waals surface area contributed by atoms with E-state index in [9.17, 15) is 22.4 Å². The van der Waals surface area contributed by atoms with Crippen LogP contribution in [0.25, 0.3) is 0 Å². The molecule has 0 aromatic heterocycles. The first kappa shape index (κ1) is 20.8. The highest BCUT2D eigenvalue weighted by molar-refractivity contribution is 7.89. The van der Waals surface area contributed by atoms with Crippen molar-refractivity contribution in [3.63, 3.8) is 0 Å². The monoisotopic (exact) mass is 413 g/mol. The molecule has 10 heteroatoms. The van der Waals surface area contributed by atoms with Crippen molar-refractivity contribution in [2.45, 2.75) is 11.8 Å². The Balaban J connectivity index is 1.80. The summed E-state index contributed by atoms with van der Waals surface area (Å²) in [6.07, 6.45) is 0. The van der Waals surface area contributed by atoms with Gasteiger partial charge in [0.25, 0.3) is 0 Å². The van der Waals surface area contributed by atoms with Gasteiger partial charge >= 0.3 is 0 Å². The molecule has 7 nitrogen and oxygen atoms in total. The van der Waals surface area contributed by atoms with Crippen molar-refractivity contribution in [3.8, 4) is 0 Å². The van der Waals surface area contributed by atoms with Crippen molar-refractivity contribution in [3.05, 3.63) is 58.9 Å². The summed E-state index contributed by atoms with van der Waals surface area (Å²) in [6, 6.07) is 9.77. The highest BCUT2D eigenvalue weighted by Crippen LogP contribution is 2.19. The average molecular weight is 414 g/mol. The lowest BCUT2D eigenvalue weighted by molar-refractivity contribution is -0.123. The molecule has 0 aliphatic rings. The Morgan fingerprint density at radius 1 is 1.04 bits per heavy atom. The predicted octanol–water partition coefficient (Wildman–Crippen LogP) is 1.82. The second-order valence-corrected chi connectivity index (χ2v) is 7.77. The minimum absolute atomic E-state index is 0.0341. The van der Waals surface area contributed by atoms with Gasteiger partial charge in [0.15, 0.2) is 0 Å². The lowest BCUT2D eigenvalue weighted by Crippen LogP contribution is -2.40. The van der Waals surface area contributed by atoms with Crippen LogP contribution in [0.15, 0.2) is 47.4 Å². The zero-order valence-electron chi connectivity index (χ0n) is 14.3. The van der Waals surface area contributed by atoms with Gasteiger partial charge in [-0.3, -0.25) is 9.59 Å². The van der Waals surface area contributed by atoms with E-state index in [-0.39, 0.29) is 22.2 Å². The molecule has 0 aliphatic carbocycles. The van der Waals surface area contributed by atoms with Crippen molar-refractivity contribution < 1.29 is 22.4 Å². The Bertz CT molecular complexity index is 949. The van der Waals surface area contributed by atoms with Gasteiger partial charge in [-0.1, -0.05) is 29.3 Å². The first-order valence-corrected chi connectivity index (χ1v) is 9.61. The quantitative estimate of drug-likeness (QED) is 0.644. The van der Waals surface area contributed by atoms with Crippen LogP contribution in [0.3, 0.4) is 0 Å². The first-order valence-electron chi connectivity index (χ1n) is 7.75. The number of aryl methyl sites for hydroxylation is 1. The first-order chi connectivity index (χ1) is 12.7. The number of anilines is 1. The molecule has 0 radical (unpaired) electrons. The Morgan fingerprint density at radius 3 is 2.33 bits per heavy atom. The Kier molecular flexibility index (Phi) is 6.89. The molecular formula is C17H17ClFN3O4S. The highest BCUT2D eigenvalue weighted by Gasteiger charge is 2.15. The fourth-order valence-corrected chi connectivity index (χ4v) is 3.14. The van der Waals surface area contributed by atoms with E-state index in [2.05, 4.69) is 15.4 Å². The molecule has 0 saturated heterocycles. The average Bonchev–Trinajstić information content (AvgIpc) is 2.62. The normalized spacial score (nSPS) is 11.1. The van der Waals surface area contributed by atoms with E-state index in [1.807, 2.05) is 6.92 Å². The number of carbonyl (C=O) groups excluding carboxylic acids is 2. The molecule has 2 aromatic rings. The second-order valence-electron chi connectivity index (χ2n) is 5.59. The number of hydrogen-bond acceptors (Lipinski definition) is 4. The van der Waals surface area contributed by atoms with Crippen LogP contribution < -0.4 is 15.4 Å². The molecule has 0 unspecified atom stereocenters. The van der Waals surface area contributed by atoms with Gasteiger partial charge < -0.3 is 10.6 Å². The molecule has 2 rings (SSSR count). The smallest absolute Gasteiger partial charge is 0.243 e. The Labute approximate surface area is 161 Å². The van der Waals surface area contributed by atoms with Crippen molar-refractivity contribution in [1.29, 1.82) is 0 Å². The molecule has 0 atom stereocenters. The van der Waals surface area contributed by atoms with Gasteiger partial charge in [0.05, 0.1) is 23.0 Å². The summed E-state index contributed by atoms with van der Waals surface area (Å²) in [4.78, 5) is 23.5. The molecule has 144 valence electrons. The molecule has 27 heavy (non-hydrogen) atoms. The molecule has 0 aliphatic heterocycles. The van der Waals surface area contributed by atoms with Crippen molar-refractivity contribution in [2.24, 2.45) is 0 Å². The van der Waals surface area contributed by atoms with Crippen molar-refractivity contribution >= 4 is 39.1 Å². The van der Waals surface area contributed by atoms with Gasteiger partial charge in [-0.2, -0.15) is 0 Å².